The molecule has 1 aliphatic heterocycles. The zero-order valence-electron chi connectivity index (χ0n) is 10.7. The molecule has 1 rings (SSSR count). The van der Waals surface area contributed by atoms with E-state index in [2.05, 4.69) is 23.6 Å². The highest BCUT2D eigenvalue weighted by molar-refractivity contribution is 7.99. The van der Waals surface area contributed by atoms with Crippen LogP contribution in [-0.2, 0) is 0 Å². The maximum Gasteiger partial charge on any atom is 0.0459 e. The van der Waals surface area contributed by atoms with Crippen LogP contribution in [0.2, 0.25) is 0 Å². The van der Waals surface area contributed by atoms with Crippen LogP contribution in [0, 0.1) is 5.92 Å². The van der Waals surface area contributed by atoms with E-state index in [1.165, 1.54) is 63.2 Å². The van der Waals surface area contributed by atoms with Gasteiger partial charge in [-0.15, -0.1) is 0 Å². The molecule has 3 heteroatoms. The molecular weight excluding hydrogens is 218 g/mol. The number of rotatable bonds is 8. The van der Waals surface area contributed by atoms with Crippen LogP contribution in [0.1, 0.15) is 39.0 Å². The monoisotopic (exact) mass is 245 g/mol. The Morgan fingerprint density at radius 2 is 1.94 bits per heavy atom. The summed E-state index contributed by atoms with van der Waals surface area (Å²) in [5.41, 5.74) is 0. The summed E-state index contributed by atoms with van der Waals surface area (Å²) in [4.78, 5) is 2.59. The fraction of sp³-hybridized carbons (Fsp3) is 1.00. The molecule has 96 valence electrons. The van der Waals surface area contributed by atoms with Gasteiger partial charge < -0.3 is 10.0 Å². The third kappa shape index (κ3) is 6.12. The van der Waals surface area contributed by atoms with E-state index >= 15 is 0 Å². The highest BCUT2D eigenvalue weighted by Gasteiger charge is 2.10. The molecule has 0 aromatic carbocycles. The number of aliphatic hydroxyl groups is 1. The lowest BCUT2D eigenvalue weighted by Gasteiger charge is -2.26. The zero-order valence-corrected chi connectivity index (χ0v) is 11.5. The molecule has 1 N–H and O–H groups in total. The summed E-state index contributed by atoms with van der Waals surface area (Å²) in [6.07, 6.45) is 6.21. The summed E-state index contributed by atoms with van der Waals surface area (Å²) in [6, 6.07) is 0. The first kappa shape index (κ1) is 14.3. The Labute approximate surface area is 105 Å². The second-order valence-corrected chi connectivity index (χ2v) is 6.01. The normalized spacial score (nSPS) is 19.9. The van der Waals surface area contributed by atoms with Gasteiger partial charge in [0.05, 0.1) is 0 Å². The molecule has 2 nitrogen and oxygen atoms in total. The van der Waals surface area contributed by atoms with Crippen LogP contribution in [0.4, 0.5) is 0 Å². The zero-order chi connectivity index (χ0) is 11.6. The summed E-state index contributed by atoms with van der Waals surface area (Å²) in [6.45, 7) is 6.42. The maximum atomic E-state index is 9.19. The summed E-state index contributed by atoms with van der Waals surface area (Å²) < 4.78 is 0. The molecule has 0 aromatic rings. The first-order valence-electron chi connectivity index (χ1n) is 6.77. The van der Waals surface area contributed by atoms with Crippen molar-refractivity contribution in [2.75, 3.05) is 37.7 Å². The Morgan fingerprint density at radius 3 is 2.56 bits per heavy atom. The van der Waals surface area contributed by atoms with Gasteiger partial charge in [-0.2, -0.15) is 11.8 Å². The van der Waals surface area contributed by atoms with Crippen molar-refractivity contribution in [2.45, 2.75) is 39.0 Å². The smallest absolute Gasteiger partial charge is 0.0459 e. The number of thioether (sulfide) groups is 1. The van der Waals surface area contributed by atoms with Gasteiger partial charge in [0.25, 0.3) is 0 Å². The van der Waals surface area contributed by atoms with Gasteiger partial charge in [-0.25, -0.2) is 0 Å². The van der Waals surface area contributed by atoms with Crippen molar-refractivity contribution < 1.29 is 5.11 Å². The largest absolute Gasteiger partial charge is 0.396 e. The molecule has 1 fully saturated rings. The number of aliphatic hydroxyl groups excluding tert-OH is 1. The number of nitrogens with zero attached hydrogens (tertiary/aromatic N) is 1. The van der Waals surface area contributed by atoms with Gasteiger partial charge >= 0.3 is 0 Å². The van der Waals surface area contributed by atoms with Crippen LogP contribution in [0.5, 0.6) is 0 Å². The predicted octanol–water partition coefficient (Wildman–Crippen LogP) is 2.61. The Kier molecular flexibility index (Phi) is 8.34. The Bertz CT molecular complexity index is 153. The minimum Gasteiger partial charge on any atom is -0.396 e. The molecule has 1 heterocycles. The van der Waals surface area contributed by atoms with Gasteiger partial charge in [0.2, 0.25) is 0 Å². The van der Waals surface area contributed by atoms with E-state index in [0.717, 1.165) is 0 Å². The quantitative estimate of drug-likeness (QED) is 0.665. The van der Waals surface area contributed by atoms with Crippen LogP contribution in [0.3, 0.4) is 0 Å². The Hall–Kier alpha value is 0.270. The van der Waals surface area contributed by atoms with E-state index in [9.17, 15) is 5.11 Å². The average Bonchev–Trinajstić information content (AvgIpc) is 2.34. The summed E-state index contributed by atoms with van der Waals surface area (Å²) in [5.74, 6) is 3.19. The minimum atomic E-state index is 0.383. The molecule has 0 spiro atoms. The summed E-state index contributed by atoms with van der Waals surface area (Å²) >= 11 is 2.08. The van der Waals surface area contributed by atoms with E-state index in [1.54, 1.807) is 0 Å². The van der Waals surface area contributed by atoms with Crippen molar-refractivity contribution in [2.24, 2.45) is 5.92 Å². The van der Waals surface area contributed by atoms with E-state index < -0.39 is 0 Å². The highest BCUT2D eigenvalue weighted by Crippen LogP contribution is 2.15. The van der Waals surface area contributed by atoms with Crippen LogP contribution < -0.4 is 0 Å². The van der Waals surface area contributed by atoms with Crippen LogP contribution >= 0.6 is 11.8 Å². The van der Waals surface area contributed by atoms with Crippen molar-refractivity contribution in [1.82, 2.24) is 4.90 Å². The Morgan fingerprint density at radius 1 is 1.19 bits per heavy atom. The predicted molar refractivity (Wildman–Crippen MR) is 73.1 cm³/mol. The number of hydrogen-bond acceptors (Lipinski definition) is 3. The van der Waals surface area contributed by atoms with Gasteiger partial charge in [0.15, 0.2) is 0 Å². The first-order valence-corrected chi connectivity index (χ1v) is 7.93. The van der Waals surface area contributed by atoms with Crippen molar-refractivity contribution in [3.05, 3.63) is 0 Å². The fourth-order valence-electron chi connectivity index (χ4n) is 2.33. The van der Waals surface area contributed by atoms with Gasteiger partial charge in [-0.05, 0) is 31.7 Å². The lowest BCUT2D eigenvalue weighted by Crippen LogP contribution is -2.33. The molecule has 0 aliphatic carbocycles. The van der Waals surface area contributed by atoms with Gasteiger partial charge in [-0.1, -0.05) is 19.8 Å². The van der Waals surface area contributed by atoms with E-state index in [1.807, 2.05) is 0 Å². The maximum absolute atomic E-state index is 9.19. The van der Waals surface area contributed by atoms with Crippen LogP contribution in [0.15, 0.2) is 0 Å². The summed E-state index contributed by atoms with van der Waals surface area (Å²) in [7, 11) is 0. The van der Waals surface area contributed by atoms with Crippen molar-refractivity contribution in [3.63, 3.8) is 0 Å². The van der Waals surface area contributed by atoms with Gasteiger partial charge in [-0.3, -0.25) is 0 Å². The average molecular weight is 245 g/mol. The molecule has 0 radical (unpaired) electrons. The van der Waals surface area contributed by atoms with Crippen molar-refractivity contribution >= 4 is 11.8 Å². The van der Waals surface area contributed by atoms with Gasteiger partial charge in [0, 0.05) is 31.2 Å². The molecule has 0 saturated carbocycles. The third-order valence-corrected chi connectivity index (χ3v) is 4.34. The minimum absolute atomic E-state index is 0.383. The second kappa shape index (κ2) is 9.32. The molecule has 16 heavy (non-hydrogen) atoms. The van der Waals surface area contributed by atoms with Crippen molar-refractivity contribution in [3.8, 4) is 0 Å². The third-order valence-electron chi connectivity index (χ3n) is 3.40. The topological polar surface area (TPSA) is 23.5 Å². The van der Waals surface area contributed by atoms with E-state index in [4.69, 9.17) is 0 Å². The number of unbranched alkanes of at least 4 members (excludes halogenated alkanes) is 1. The molecule has 0 aromatic heterocycles. The van der Waals surface area contributed by atoms with E-state index in [0.29, 0.717) is 12.5 Å². The van der Waals surface area contributed by atoms with Crippen LogP contribution in [-0.4, -0.2) is 47.8 Å². The molecule has 0 amide bonds. The highest BCUT2D eigenvalue weighted by atomic mass is 32.2. The SMILES string of the molecule is CCC[C@H](CO)CCCCN1CCSCC1. The van der Waals surface area contributed by atoms with E-state index in [-0.39, 0.29) is 0 Å². The Balaban J connectivity index is 1.97. The van der Waals surface area contributed by atoms with Crippen molar-refractivity contribution in [1.29, 1.82) is 0 Å². The second-order valence-electron chi connectivity index (χ2n) is 4.79. The molecule has 0 bridgehead atoms. The molecule has 1 saturated heterocycles. The van der Waals surface area contributed by atoms with Crippen LogP contribution in [0.25, 0.3) is 0 Å². The lowest BCUT2D eigenvalue weighted by atomic mass is 9.98. The first-order chi connectivity index (χ1) is 7.86. The number of hydrogen-bond donors (Lipinski definition) is 1. The van der Waals surface area contributed by atoms with Gasteiger partial charge in [0.1, 0.15) is 0 Å². The molecule has 1 atom stereocenters. The lowest BCUT2D eigenvalue weighted by molar-refractivity contribution is 0.203. The summed E-state index contributed by atoms with van der Waals surface area (Å²) in [5, 5.41) is 9.19. The molecular formula is C13H27NOS. The standard InChI is InChI=1S/C13H27NOS/c1-2-5-13(12-15)6-3-4-7-14-8-10-16-11-9-14/h13,15H,2-12H2,1H3/t13-/m0/s1. The molecule has 0 unspecified atom stereocenters. The fourth-order valence-corrected chi connectivity index (χ4v) is 3.31. The molecule has 1 aliphatic rings.